The predicted octanol–water partition coefficient (Wildman–Crippen LogP) is 2.44. The van der Waals surface area contributed by atoms with E-state index in [0.717, 1.165) is 0 Å². The summed E-state index contributed by atoms with van der Waals surface area (Å²) in [5, 5.41) is 18.8. The average molecular weight is 336 g/mol. The van der Waals surface area contributed by atoms with E-state index in [4.69, 9.17) is 25.9 Å². The maximum atomic E-state index is 12.3. The van der Waals surface area contributed by atoms with Crippen molar-refractivity contribution >= 4 is 17.6 Å². The molecule has 7 nitrogen and oxygen atoms in total. The van der Waals surface area contributed by atoms with Gasteiger partial charge in [-0.2, -0.15) is 8.78 Å². The van der Waals surface area contributed by atoms with Gasteiger partial charge in [0.05, 0.1) is 12.1 Å². The monoisotopic (exact) mass is 335 g/mol. The van der Waals surface area contributed by atoms with Gasteiger partial charge in [-0.3, -0.25) is 0 Å². The van der Waals surface area contributed by atoms with Crippen LogP contribution in [0.3, 0.4) is 0 Å². The molecule has 1 aromatic heterocycles. The summed E-state index contributed by atoms with van der Waals surface area (Å²) >= 11 is 5.92. The topological polar surface area (TPSA) is 89.6 Å². The smallest absolute Gasteiger partial charge is 0.387 e. The fourth-order valence-electron chi connectivity index (χ4n) is 1.65. The van der Waals surface area contributed by atoms with Gasteiger partial charge in [0.25, 0.3) is 0 Å². The van der Waals surface area contributed by atoms with Crippen LogP contribution in [0.4, 0.5) is 14.8 Å². The van der Waals surface area contributed by atoms with Crippen LogP contribution in [0.15, 0.2) is 16.5 Å². The van der Waals surface area contributed by atoms with E-state index in [9.17, 15) is 8.78 Å². The molecule has 0 amide bonds. The first kappa shape index (κ1) is 16.2. The van der Waals surface area contributed by atoms with Crippen LogP contribution in [-0.4, -0.2) is 29.0 Å². The number of hydrogen-bond acceptors (Lipinski definition) is 7. The van der Waals surface area contributed by atoms with Gasteiger partial charge in [-0.25, -0.2) is 0 Å². The number of halogens is 3. The molecule has 0 aliphatic carbocycles. The Kier molecular flexibility index (Phi) is 5.34. The number of aliphatic hydroxyl groups is 1. The second-order valence-corrected chi connectivity index (χ2v) is 4.41. The Morgan fingerprint density at radius 2 is 2.18 bits per heavy atom. The number of hydrogen-bond donors (Lipinski definition) is 2. The summed E-state index contributed by atoms with van der Waals surface area (Å²) in [5.41, 5.74) is 0.618. The minimum Gasteiger partial charge on any atom is -0.493 e. The summed E-state index contributed by atoms with van der Waals surface area (Å²) in [4.78, 5) is 0. The van der Waals surface area contributed by atoms with E-state index >= 15 is 0 Å². The molecule has 0 saturated heterocycles. The van der Waals surface area contributed by atoms with Crippen molar-refractivity contribution < 1.29 is 27.8 Å². The predicted molar refractivity (Wildman–Crippen MR) is 72.2 cm³/mol. The molecular weight excluding hydrogens is 324 g/mol. The Labute approximate surface area is 128 Å². The first-order valence-electron chi connectivity index (χ1n) is 6.01. The first-order chi connectivity index (χ1) is 10.5. The van der Waals surface area contributed by atoms with E-state index < -0.39 is 6.61 Å². The third-order valence-corrected chi connectivity index (χ3v) is 2.82. The standard InChI is InChI=1S/C12H12ClF2N3O4/c1-20-8-3-6(2-7(13)10(8)22-11(14)15)4-16-12-18-17-9(5-19)21-12/h2-3,11,19H,4-5H2,1H3,(H,16,18). The van der Waals surface area contributed by atoms with Crippen molar-refractivity contribution in [1.82, 2.24) is 10.2 Å². The Morgan fingerprint density at radius 3 is 2.77 bits per heavy atom. The fourth-order valence-corrected chi connectivity index (χ4v) is 1.92. The lowest BCUT2D eigenvalue weighted by Crippen LogP contribution is -2.06. The van der Waals surface area contributed by atoms with Gasteiger partial charge < -0.3 is 24.3 Å². The summed E-state index contributed by atoms with van der Waals surface area (Å²) < 4.78 is 39.0. The number of ether oxygens (including phenoxy) is 2. The molecule has 0 unspecified atom stereocenters. The molecule has 2 rings (SSSR count). The number of rotatable bonds is 7. The molecule has 22 heavy (non-hydrogen) atoms. The van der Waals surface area contributed by atoms with Gasteiger partial charge in [-0.05, 0) is 17.7 Å². The lowest BCUT2D eigenvalue weighted by Gasteiger charge is -2.13. The maximum absolute atomic E-state index is 12.3. The van der Waals surface area contributed by atoms with Crippen LogP contribution < -0.4 is 14.8 Å². The van der Waals surface area contributed by atoms with Crippen molar-refractivity contribution in [1.29, 1.82) is 0 Å². The highest BCUT2D eigenvalue weighted by Gasteiger charge is 2.16. The van der Waals surface area contributed by atoms with Crippen LogP contribution in [0.25, 0.3) is 0 Å². The Morgan fingerprint density at radius 1 is 1.41 bits per heavy atom. The normalized spacial score (nSPS) is 10.8. The summed E-state index contributed by atoms with van der Waals surface area (Å²) in [5.74, 6) is -0.0896. The van der Waals surface area contributed by atoms with Crippen LogP contribution >= 0.6 is 11.6 Å². The average Bonchev–Trinajstić information content (AvgIpc) is 2.95. The van der Waals surface area contributed by atoms with Crippen molar-refractivity contribution in [3.05, 3.63) is 28.6 Å². The summed E-state index contributed by atoms with van der Waals surface area (Å²) in [7, 11) is 1.31. The molecule has 0 atom stereocenters. The van der Waals surface area contributed by atoms with Gasteiger partial charge in [0.1, 0.15) is 6.61 Å². The molecule has 120 valence electrons. The van der Waals surface area contributed by atoms with E-state index in [2.05, 4.69) is 20.3 Å². The van der Waals surface area contributed by atoms with Crippen LogP contribution in [-0.2, 0) is 13.2 Å². The van der Waals surface area contributed by atoms with Crippen molar-refractivity contribution in [2.75, 3.05) is 12.4 Å². The first-order valence-corrected chi connectivity index (χ1v) is 6.39. The van der Waals surface area contributed by atoms with Gasteiger partial charge in [0.2, 0.25) is 5.89 Å². The van der Waals surface area contributed by atoms with Gasteiger partial charge in [-0.15, -0.1) is 5.10 Å². The van der Waals surface area contributed by atoms with Gasteiger partial charge in [-0.1, -0.05) is 16.7 Å². The molecule has 0 aliphatic rings. The van der Waals surface area contributed by atoms with Gasteiger partial charge in [0.15, 0.2) is 11.5 Å². The lowest BCUT2D eigenvalue weighted by molar-refractivity contribution is -0.0511. The number of alkyl halides is 2. The van der Waals surface area contributed by atoms with Crippen molar-refractivity contribution in [2.24, 2.45) is 0 Å². The zero-order chi connectivity index (χ0) is 16.1. The van der Waals surface area contributed by atoms with Crippen LogP contribution in [0.2, 0.25) is 5.02 Å². The van der Waals surface area contributed by atoms with E-state index in [1.165, 1.54) is 19.2 Å². The molecule has 0 radical (unpaired) electrons. The molecule has 0 spiro atoms. The molecule has 10 heteroatoms. The zero-order valence-corrected chi connectivity index (χ0v) is 12.1. The molecule has 0 aliphatic heterocycles. The van der Waals surface area contributed by atoms with Crippen LogP contribution in [0.5, 0.6) is 11.5 Å². The number of benzene rings is 1. The highest BCUT2D eigenvalue weighted by atomic mass is 35.5. The number of nitrogens with zero attached hydrogens (tertiary/aromatic N) is 2. The van der Waals surface area contributed by atoms with Gasteiger partial charge >= 0.3 is 12.6 Å². The second kappa shape index (κ2) is 7.23. The number of nitrogens with one attached hydrogen (secondary N) is 1. The molecule has 0 saturated carbocycles. The molecule has 1 aromatic carbocycles. The van der Waals surface area contributed by atoms with Crippen molar-refractivity contribution in [3.8, 4) is 11.5 Å². The number of methoxy groups -OCH3 is 1. The van der Waals surface area contributed by atoms with Crippen LogP contribution in [0, 0.1) is 0 Å². The molecule has 0 bridgehead atoms. The zero-order valence-electron chi connectivity index (χ0n) is 11.3. The Bertz CT molecular complexity index is 639. The second-order valence-electron chi connectivity index (χ2n) is 4.00. The third-order valence-electron chi connectivity index (χ3n) is 2.54. The van der Waals surface area contributed by atoms with Gasteiger partial charge in [0, 0.05) is 6.54 Å². The molecule has 0 fully saturated rings. The minimum atomic E-state index is -3.01. The molecular formula is C12H12ClF2N3O4. The molecule has 2 aromatic rings. The van der Waals surface area contributed by atoms with Crippen molar-refractivity contribution in [2.45, 2.75) is 19.8 Å². The van der Waals surface area contributed by atoms with E-state index in [1.54, 1.807) is 0 Å². The van der Waals surface area contributed by atoms with E-state index in [0.29, 0.717) is 5.56 Å². The summed E-state index contributed by atoms with van der Waals surface area (Å²) in [6, 6.07) is 3.03. The molecule has 1 heterocycles. The summed E-state index contributed by atoms with van der Waals surface area (Å²) in [6.07, 6.45) is 0. The maximum Gasteiger partial charge on any atom is 0.387 e. The Hall–Kier alpha value is -2.13. The summed E-state index contributed by atoms with van der Waals surface area (Å²) in [6.45, 7) is -3.16. The SMILES string of the molecule is COc1cc(CNc2nnc(CO)o2)cc(Cl)c1OC(F)F. The quantitative estimate of drug-likeness (QED) is 0.803. The number of aliphatic hydroxyl groups excluding tert-OH is 1. The van der Waals surface area contributed by atoms with Crippen molar-refractivity contribution in [3.63, 3.8) is 0 Å². The number of anilines is 1. The van der Waals surface area contributed by atoms with E-state index in [-0.39, 0.29) is 41.6 Å². The number of aromatic nitrogens is 2. The highest BCUT2D eigenvalue weighted by molar-refractivity contribution is 6.32. The highest BCUT2D eigenvalue weighted by Crippen LogP contribution is 2.37. The third kappa shape index (κ3) is 3.95. The lowest BCUT2D eigenvalue weighted by atomic mass is 10.2. The fraction of sp³-hybridized carbons (Fsp3) is 0.333. The van der Waals surface area contributed by atoms with Crippen LogP contribution in [0.1, 0.15) is 11.5 Å². The van der Waals surface area contributed by atoms with E-state index in [1.807, 2.05) is 0 Å². The largest absolute Gasteiger partial charge is 0.493 e. The minimum absolute atomic E-state index is 0.0157. The molecule has 2 N–H and O–H groups in total. The Balaban J connectivity index is 2.12.